The average Bonchev–Trinajstić information content (AvgIpc) is 2.01. The van der Waals surface area contributed by atoms with Gasteiger partial charge < -0.3 is 0 Å². The predicted molar refractivity (Wildman–Crippen MR) is 48.4 cm³/mol. The molecule has 0 saturated carbocycles. The van der Waals surface area contributed by atoms with Gasteiger partial charge in [-0.3, -0.25) is 0 Å². The summed E-state index contributed by atoms with van der Waals surface area (Å²) in [7, 11) is 0. The van der Waals surface area contributed by atoms with E-state index in [-0.39, 0.29) is 5.15 Å². The van der Waals surface area contributed by atoms with Crippen LogP contribution >= 0.6 is 23.2 Å². The van der Waals surface area contributed by atoms with Crippen LogP contribution in [0.25, 0.3) is 0 Å². The van der Waals surface area contributed by atoms with Crippen LogP contribution in [0.3, 0.4) is 0 Å². The molecule has 1 heterocycles. The lowest BCUT2D eigenvalue weighted by Gasteiger charge is -2.04. The highest BCUT2D eigenvalue weighted by atomic mass is 35.5. The average molecular weight is 201 g/mol. The standard InChI is InChI=1S/C8H6Cl2N2/c1-4-5(2)7(9)12-8(10)6(4)3-11/h1-2H3. The highest BCUT2D eigenvalue weighted by Gasteiger charge is 2.10. The van der Waals surface area contributed by atoms with E-state index in [0.717, 1.165) is 11.1 Å². The van der Waals surface area contributed by atoms with Crippen molar-refractivity contribution in [3.05, 3.63) is 27.0 Å². The molecular formula is C8H6Cl2N2. The summed E-state index contributed by atoms with van der Waals surface area (Å²) in [4.78, 5) is 3.81. The molecule has 0 bridgehead atoms. The molecule has 0 saturated heterocycles. The van der Waals surface area contributed by atoms with Crippen LogP contribution in [0.15, 0.2) is 0 Å². The first kappa shape index (κ1) is 9.31. The topological polar surface area (TPSA) is 36.7 Å². The Morgan fingerprint density at radius 1 is 1.17 bits per heavy atom. The van der Waals surface area contributed by atoms with E-state index in [2.05, 4.69) is 4.98 Å². The minimum atomic E-state index is 0.172. The number of nitriles is 1. The van der Waals surface area contributed by atoms with Crippen LogP contribution < -0.4 is 0 Å². The van der Waals surface area contributed by atoms with Crippen molar-refractivity contribution in [1.82, 2.24) is 4.98 Å². The van der Waals surface area contributed by atoms with Gasteiger partial charge in [0.05, 0.1) is 5.56 Å². The molecule has 1 aromatic rings. The summed E-state index contributed by atoms with van der Waals surface area (Å²) >= 11 is 11.4. The number of hydrogen-bond donors (Lipinski definition) is 0. The quantitative estimate of drug-likeness (QED) is 0.605. The number of rotatable bonds is 0. The van der Waals surface area contributed by atoms with Crippen molar-refractivity contribution >= 4 is 23.2 Å². The zero-order valence-electron chi connectivity index (χ0n) is 6.65. The first-order valence-corrected chi connectivity index (χ1v) is 4.05. The van der Waals surface area contributed by atoms with Crippen molar-refractivity contribution in [3.8, 4) is 6.07 Å². The third kappa shape index (κ3) is 1.38. The fourth-order valence-electron chi connectivity index (χ4n) is 0.853. The van der Waals surface area contributed by atoms with E-state index in [1.807, 2.05) is 13.0 Å². The smallest absolute Gasteiger partial charge is 0.148 e. The van der Waals surface area contributed by atoms with Crippen LogP contribution in [-0.4, -0.2) is 4.98 Å². The minimum Gasteiger partial charge on any atom is -0.223 e. The molecule has 1 rings (SSSR count). The van der Waals surface area contributed by atoms with Gasteiger partial charge >= 0.3 is 0 Å². The molecule has 0 radical (unpaired) electrons. The van der Waals surface area contributed by atoms with Gasteiger partial charge in [-0.2, -0.15) is 5.26 Å². The molecule has 2 nitrogen and oxygen atoms in total. The monoisotopic (exact) mass is 200 g/mol. The zero-order chi connectivity index (χ0) is 9.30. The summed E-state index contributed by atoms with van der Waals surface area (Å²) in [6.07, 6.45) is 0. The number of aromatic nitrogens is 1. The van der Waals surface area contributed by atoms with Gasteiger partial charge in [0.25, 0.3) is 0 Å². The SMILES string of the molecule is Cc1c(Cl)nc(Cl)c(C#N)c1C. The lowest BCUT2D eigenvalue weighted by Crippen LogP contribution is -1.93. The van der Waals surface area contributed by atoms with Gasteiger partial charge in [-0.05, 0) is 25.0 Å². The normalized spacial score (nSPS) is 9.58. The molecule has 0 spiro atoms. The Morgan fingerprint density at radius 3 is 2.25 bits per heavy atom. The van der Waals surface area contributed by atoms with Crippen molar-refractivity contribution in [2.24, 2.45) is 0 Å². The Hall–Kier alpha value is -0.780. The molecule has 1 aromatic heterocycles. The molecule has 0 fully saturated rings. The van der Waals surface area contributed by atoms with E-state index in [1.54, 1.807) is 6.92 Å². The summed E-state index contributed by atoms with van der Waals surface area (Å²) < 4.78 is 0. The first-order valence-electron chi connectivity index (χ1n) is 3.30. The molecule has 12 heavy (non-hydrogen) atoms. The van der Waals surface area contributed by atoms with Gasteiger partial charge in [0.2, 0.25) is 0 Å². The van der Waals surface area contributed by atoms with Crippen molar-refractivity contribution in [3.63, 3.8) is 0 Å². The molecule has 0 amide bonds. The number of halogens is 2. The molecule has 0 aliphatic carbocycles. The van der Waals surface area contributed by atoms with Crippen LogP contribution in [-0.2, 0) is 0 Å². The summed E-state index contributed by atoms with van der Waals surface area (Å²) in [5.74, 6) is 0. The maximum absolute atomic E-state index is 8.70. The van der Waals surface area contributed by atoms with Crippen LogP contribution in [0.1, 0.15) is 16.7 Å². The van der Waals surface area contributed by atoms with Crippen molar-refractivity contribution in [1.29, 1.82) is 5.26 Å². The Kier molecular flexibility index (Phi) is 2.56. The second-order valence-corrected chi connectivity index (χ2v) is 3.15. The van der Waals surface area contributed by atoms with Crippen LogP contribution in [0.4, 0.5) is 0 Å². The van der Waals surface area contributed by atoms with Crippen LogP contribution in [0.2, 0.25) is 10.3 Å². The Bertz CT molecular complexity index is 366. The van der Waals surface area contributed by atoms with Gasteiger partial charge in [0, 0.05) is 0 Å². The van der Waals surface area contributed by atoms with E-state index in [1.165, 1.54) is 0 Å². The maximum atomic E-state index is 8.70. The highest BCUT2D eigenvalue weighted by Crippen LogP contribution is 2.24. The van der Waals surface area contributed by atoms with E-state index >= 15 is 0 Å². The molecule has 0 unspecified atom stereocenters. The second-order valence-electron chi connectivity index (χ2n) is 2.43. The Morgan fingerprint density at radius 2 is 1.75 bits per heavy atom. The molecule has 0 atom stereocenters. The molecule has 0 aromatic carbocycles. The molecule has 0 N–H and O–H groups in total. The second kappa shape index (κ2) is 3.30. The van der Waals surface area contributed by atoms with E-state index in [4.69, 9.17) is 28.5 Å². The lowest BCUT2D eigenvalue weighted by atomic mass is 10.1. The maximum Gasteiger partial charge on any atom is 0.148 e. The third-order valence-electron chi connectivity index (χ3n) is 1.76. The summed E-state index contributed by atoms with van der Waals surface area (Å²) in [6, 6.07) is 1.98. The van der Waals surface area contributed by atoms with Gasteiger partial charge in [-0.1, -0.05) is 23.2 Å². The highest BCUT2D eigenvalue weighted by molar-refractivity contribution is 6.33. The van der Waals surface area contributed by atoms with E-state index in [0.29, 0.717) is 10.7 Å². The number of hydrogen-bond acceptors (Lipinski definition) is 2. The predicted octanol–water partition coefficient (Wildman–Crippen LogP) is 2.88. The van der Waals surface area contributed by atoms with Crippen LogP contribution in [0, 0.1) is 25.2 Å². The fraction of sp³-hybridized carbons (Fsp3) is 0.250. The van der Waals surface area contributed by atoms with Crippen molar-refractivity contribution in [2.45, 2.75) is 13.8 Å². The van der Waals surface area contributed by atoms with E-state index in [9.17, 15) is 0 Å². The first-order chi connectivity index (χ1) is 5.57. The Balaban J connectivity index is 3.54. The van der Waals surface area contributed by atoms with Crippen molar-refractivity contribution < 1.29 is 0 Å². The van der Waals surface area contributed by atoms with Crippen LogP contribution in [0.5, 0.6) is 0 Å². The zero-order valence-corrected chi connectivity index (χ0v) is 8.16. The van der Waals surface area contributed by atoms with Gasteiger partial charge in [0.1, 0.15) is 16.4 Å². The molecule has 0 aliphatic heterocycles. The minimum absolute atomic E-state index is 0.172. The molecule has 4 heteroatoms. The molecule has 0 aliphatic rings. The summed E-state index contributed by atoms with van der Waals surface area (Å²) in [5.41, 5.74) is 2.00. The summed E-state index contributed by atoms with van der Waals surface area (Å²) in [6.45, 7) is 3.61. The number of nitrogens with zero attached hydrogens (tertiary/aromatic N) is 2. The van der Waals surface area contributed by atoms with Crippen molar-refractivity contribution in [2.75, 3.05) is 0 Å². The largest absolute Gasteiger partial charge is 0.223 e. The molecule has 62 valence electrons. The number of pyridine rings is 1. The van der Waals surface area contributed by atoms with Gasteiger partial charge in [-0.25, -0.2) is 4.98 Å². The van der Waals surface area contributed by atoms with Gasteiger partial charge in [-0.15, -0.1) is 0 Å². The molecular weight excluding hydrogens is 195 g/mol. The summed E-state index contributed by atoms with van der Waals surface area (Å²) in [5, 5.41) is 9.23. The lowest BCUT2D eigenvalue weighted by molar-refractivity contribution is 1.19. The Labute approximate surface area is 80.7 Å². The fourth-order valence-corrected chi connectivity index (χ4v) is 1.39. The van der Waals surface area contributed by atoms with Gasteiger partial charge in [0.15, 0.2) is 0 Å². The third-order valence-corrected chi connectivity index (χ3v) is 2.40. The van der Waals surface area contributed by atoms with E-state index < -0.39 is 0 Å².